The highest BCUT2D eigenvalue weighted by atomic mass is 35.5. The highest BCUT2D eigenvalue weighted by molar-refractivity contribution is 6.33. The van der Waals surface area contributed by atoms with Crippen LogP contribution in [0, 0.1) is 0 Å². The Labute approximate surface area is 180 Å². The summed E-state index contributed by atoms with van der Waals surface area (Å²) in [4.78, 5) is 37.0. The van der Waals surface area contributed by atoms with Gasteiger partial charge in [-0.2, -0.15) is 0 Å². The van der Waals surface area contributed by atoms with E-state index in [0.717, 1.165) is 4.90 Å². The molecule has 0 aliphatic carbocycles. The minimum Gasteiger partial charge on any atom is -0.545 e. The number of amides is 3. The van der Waals surface area contributed by atoms with Crippen molar-refractivity contribution in [2.75, 3.05) is 4.90 Å². The molecule has 150 valence electrons. The van der Waals surface area contributed by atoms with E-state index in [-0.39, 0.29) is 22.0 Å². The molecule has 1 saturated heterocycles. The van der Waals surface area contributed by atoms with Crippen LogP contribution in [0.15, 0.2) is 64.7 Å². The summed E-state index contributed by atoms with van der Waals surface area (Å²) in [6.07, 6.45) is 1.38. The molecule has 1 N–H and O–H groups in total. The molecule has 7 nitrogen and oxygen atoms in total. The topological polar surface area (TPSA) is 103 Å². The van der Waals surface area contributed by atoms with Crippen LogP contribution in [-0.4, -0.2) is 17.9 Å². The number of carboxylic acids is 1. The Bertz CT molecular complexity index is 1210. The number of aromatic carboxylic acids is 1. The molecular weight excluding hydrogens is 431 g/mol. The summed E-state index contributed by atoms with van der Waals surface area (Å²) in [5.41, 5.74) is 0.707. The van der Waals surface area contributed by atoms with Crippen molar-refractivity contribution in [3.8, 4) is 11.3 Å². The number of carboxylic acid groups (broad SMARTS) is 1. The zero-order valence-corrected chi connectivity index (χ0v) is 16.5. The van der Waals surface area contributed by atoms with E-state index in [2.05, 4.69) is 5.32 Å². The molecule has 0 radical (unpaired) electrons. The Morgan fingerprint density at radius 2 is 1.77 bits per heavy atom. The van der Waals surface area contributed by atoms with Gasteiger partial charge in [-0.05, 0) is 54.6 Å². The average molecular weight is 442 g/mol. The quantitative estimate of drug-likeness (QED) is 0.490. The van der Waals surface area contributed by atoms with Crippen molar-refractivity contribution < 1.29 is 23.9 Å². The van der Waals surface area contributed by atoms with Gasteiger partial charge in [0.15, 0.2) is 0 Å². The molecule has 0 bridgehead atoms. The number of furan rings is 1. The van der Waals surface area contributed by atoms with Gasteiger partial charge in [-0.3, -0.25) is 4.79 Å². The van der Waals surface area contributed by atoms with Gasteiger partial charge in [-0.25, -0.2) is 9.69 Å². The summed E-state index contributed by atoms with van der Waals surface area (Å²) in [6, 6.07) is 13.2. The Kier molecular flexibility index (Phi) is 5.07. The lowest BCUT2D eigenvalue weighted by Crippen LogP contribution is -2.30. The molecule has 3 aromatic rings. The third-order valence-corrected chi connectivity index (χ3v) is 4.93. The summed E-state index contributed by atoms with van der Waals surface area (Å²) < 4.78 is 5.67. The smallest absolute Gasteiger partial charge is 0.333 e. The van der Waals surface area contributed by atoms with E-state index >= 15 is 0 Å². The molecule has 0 spiro atoms. The Morgan fingerprint density at radius 1 is 1.03 bits per heavy atom. The Balaban J connectivity index is 1.61. The maximum Gasteiger partial charge on any atom is 0.333 e. The third kappa shape index (κ3) is 3.68. The van der Waals surface area contributed by atoms with Gasteiger partial charge in [0.1, 0.15) is 17.2 Å². The first-order valence-corrected chi connectivity index (χ1v) is 9.33. The lowest BCUT2D eigenvalue weighted by atomic mass is 10.1. The molecule has 1 fully saturated rings. The molecule has 0 atom stereocenters. The second-order valence-corrected chi connectivity index (χ2v) is 7.13. The number of urea groups is 1. The number of carbonyl (C=O) groups excluding carboxylic acids is 3. The van der Waals surface area contributed by atoms with Gasteiger partial charge < -0.3 is 19.6 Å². The number of halogens is 2. The van der Waals surface area contributed by atoms with Gasteiger partial charge >= 0.3 is 6.03 Å². The van der Waals surface area contributed by atoms with E-state index in [0.29, 0.717) is 22.0 Å². The number of benzene rings is 2. The highest BCUT2D eigenvalue weighted by Crippen LogP contribution is 2.28. The van der Waals surface area contributed by atoms with Crippen molar-refractivity contribution in [1.82, 2.24) is 5.32 Å². The van der Waals surface area contributed by atoms with Gasteiger partial charge in [0.2, 0.25) is 0 Å². The van der Waals surface area contributed by atoms with E-state index in [4.69, 9.17) is 27.6 Å². The molecule has 0 saturated carbocycles. The first kappa shape index (κ1) is 19.8. The molecule has 2 heterocycles. The Morgan fingerprint density at radius 3 is 2.47 bits per heavy atom. The van der Waals surface area contributed by atoms with Crippen molar-refractivity contribution in [1.29, 1.82) is 0 Å². The van der Waals surface area contributed by atoms with E-state index in [9.17, 15) is 19.5 Å². The van der Waals surface area contributed by atoms with E-state index in [1.165, 1.54) is 18.2 Å². The molecule has 0 unspecified atom stereocenters. The predicted octanol–water partition coefficient (Wildman–Crippen LogP) is 3.71. The molecule has 9 heteroatoms. The lowest BCUT2D eigenvalue weighted by Gasteiger charge is -2.11. The summed E-state index contributed by atoms with van der Waals surface area (Å²) in [7, 11) is 0. The third-order valence-electron chi connectivity index (χ3n) is 4.35. The van der Waals surface area contributed by atoms with Crippen molar-refractivity contribution >= 4 is 52.9 Å². The number of carbonyl (C=O) groups is 3. The fraction of sp³-hybridized carbons (Fsp3) is 0. The molecular formula is C21H11Cl2N2O5-. The van der Waals surface area contributed by atoms with Crippen LogP contribution in [-0.2, 0) is 4.79 Å². The minimum atomic E-state index is -1.41. The molecule has 1 aliphatic heterocycles. The normalized spacial score (nSPS) is 15.0. The molecule has 1 aromatic heterocycles. The number of anilines is 1. The van der Waals surface area contributed by atoms with Crippen LogP contribution in [0.4, 0.5) is 10.5 Å². The fourth-order valence-corrected chi connectivity index (χ4v) is 3.24. The average Bonchev–Trinajstić information content (AvgIpc) is 3.28. The second-order valence-electron chi connectivity index (χ2n) is 6.29. The second kappa shape index (κ2) is 7.70. The maximum absolute atomic E-state index is 12.7. The van der Waals surface area contributed by atoms with Crippen LogP contribution in [0.25, 0.3) is 17.4 Å². The van der Waals surface area contributed by atoms with Gasteiger partial charge in [-0.1, -0.05) is 23.2 Å². The van der Waals surface area contributed by atoms with Crippen molar-refractivity contribution in [2.24, 2.45) is 0 Å². The lowest BCUT2D eigenvalue weighted by molar-refractivity contribution is -0.255. The maximum atomic E-state index is 12.7. The number of nitrogens with one attached hydrogen (secondary N) is 1. The minimum absolute atomic E-state index is 0.0300. The number of hydrogen-bond acceptors (Lipinski definition) is 5. The van der Waals surface area contributed by atoms with Crippen LogP contribution in [0.1, 0.15) is 16.1 Å². The van der Waals surface area contributed by atoms with E-state index in [1.54, 1.807) is 42.5 Å². The summed E-state index contributed by atoms with van der Waals surface area (Å²) >= 11 is 11.7. The van der Waals surface area contributed by atoms with Crippen molar-refractivity contribution in [3.63, 3.8) is 0 Å². The van der Waals surface area contributed by atoms with Gasteiger partial charge in [0.25, 0.3) is 5.91 Å². The first-order valence-electron chi connectivity index (χ1n) is 8.57. The molecule has 1 aliphatic rings. The van der Waals surface area contributed by atoms with Crippen LogP contribution < -0.4 is 15.3 Å². The largest absolute Gasteiger partial charge is 0.545 e. The zero-order chi connectivity index (χ0) is 21.4. The summed E-state index contributed by atoms with van der Waals surface area (Å²) in [5.74, 6) is -1.31. The Hall–Kier alpha value is -3.55. The number of imide groups is 1. The SMILES string of the molecule is O=C([O-])c1cc(-c2ccc(/C=C3/NC(=O)N(c4ccc(Cl)cc4)C3=O)o2)ccc1Cl. The molecule has 30 heavy (non-hydrogen) atoms. The summed E-state index contributed by atoms with van der Waals surface area (Å²) in [5, 5.41) is 14.2. The number of hydrogen-bond donors (Lipinski definition) is 1. The highest BCUT2D eigenvalue weighted by Gasteiger charge is 2.35. The first-order chi connectivity index (χ1) is 14.3. The predicted molar refractivity (Wildman–Crippen MR) is 109 cm³/mol. The van der Waals surface area contributed by atoms with Gasteiger partial charge in [0.05, 0.1) is 11.7 Å². The van der Waals surface area contributed by atoms with E-state index in [1.807, 2.05) is 0 Å². The number of nitrogens with zero attached hydrogens (tertiary/aromatic N) is 1. The van der Waals surface area contributed by atoms with E-state index < -0.39 is 17.9 Å². The van der Waals surface area contributed by atoms with Crippen LogP contribution in [0.2, 0.25) is 10.0 Å². The number of rotatable bonds is 4. The van der Waals surface area contributed by atoms with Crippen LogP contribution in [0.5, 0.6) is 0 Å². The fourth-order valence-electron chi connectivity index (χ4n) is 2.92. The van der Waals surface area contributed by atoms with Crippen LogP contribution in [0.3, 0.4) is 0 Å². The van der Waals surface area contributed by atoms with Crippen molar-refractivity contribution in [2.45, 2.75) is 0 Å². The molecule has 4 rings (SSSR count). The van der Waals surface area contributed by atoms with Gasteiger partial charge in [-0.15, -0.1) is 0 Å². The van der Waals surface area contributed by atoms with Crippen LogP contribution >= 0.6 is 23.2 Å². The molecule has 3 amide bonds. The monoisotopic (exact) mass is 441 g/mol. The standard InChI is InChI=1S/C21H12Cl2N2O5/c22-12-2-4-13(5-3-12)25-19(26)17(24-21(25)29)10-14-6-8-18(30-14)11-1-7-16(23)15(9-11)20(27)28/h1-10H,(H,24,29)(H,27,28)/p-1/b17-10+. The molecule has 2 aromatic carbocycles. The van der Waals surface area contributed by atoms with Gasteiger partial charge in [0, 0.05) is 27.2 Å². The van der Waals surface area contributed by atoms with Crippen molar-refractivity contribution in [3.05, 3.63) is 81.7 Å². The zero-order valence-electron chi connectivity index (χ0n) is 15.0. The summed E-state index contributed by atoms with van der Waals surface area (Å²) in [6.45, 7) is 0.